The SMILES string of the molecule is C[C@@H](C(=O)NCCSC(C)(C)C)N(c1ccc(Cl)c(Cl)c1)S(C)(=O)=O. The molecule has 0 aliphatic carbocycles. The lowest BCUT2D eigenvalue weighted by Gasteiger charge is -2.28. The van der Waals surface area contributed by atoms with Crippen LogP contribution in [0.4, 0.5) is 5.69 Å². The highest BCUT2D eigenvalue weighted by Crippen LogP contribution is 2.29. The molecule has 9 heteroatoms. The first-order chi connectivity index (χ1) is 11.3. The van der Waals surface area contributed by atoms with E-state index in [1.54, 1.807) is 11.8 Å². The zero-order valence-electron chi connectivity index (χ0n) is 15.0. The highest BCUT2D eigenvalue weighted by atomic mass is 35.5. The Balaban J connectivity index is 2.89. The number of nitrogens with zero attached hydrogens (tertiary/aromatic N) is 1. The number of sulfonamides is 1. The summed E-state index contributed by atoms with van der Waals surface area (Å²) in [5.41, 5.74) is 0.295. The molecular weight excluding hydrogens is 403 g/mol. The smallest absolute Gasteiger partial charge is 0.243 e. The average molecular weight is 427 g/mol. The topological polar surface area (TPSA) is 66.5 Å². The molecule has 0 spiro atoms. The van der Waals surface area contributed by atoms with Crippen LogP contribution in [0, 0.1) is 0 Å². The van der Waals surface area contributed by atoms with E-state index in [9.17, 15) is 13.2 Å². The highest BCUT2D eigenvalue weighted by molar-refractivity contribution is 8.00. The molecule has 25 heavy (non-hydrogen) atoms. The summed E-state index contributed by atoms with van der Waals surface area (Å²) in [6.07, 6.45) is 1.05. The first kappa shape index (κ1) is 22.4. The zero-order chi connectivity index (χ0) is 19.4. The third-order valence-electron chi connectivity index (χ3n) is 3.18. The van der Waals surface area contributed by atoms with Gasteiger partial charge in [0.2, 0.25) is 15.9 Å². The Labute approximate surface area is 164 Å². The maximum absolute atomic E-state index is 12.4. The van der Waals surface area contributed by atoms with Gasteiger partial charge in [-0.05, 0) is 25.1 Å². The minimum Gasteiger partial charge on any atom is -0.353 e. The van der Waals surface area contributed by atoms with Gasteiger partial charge in [-0.2, -0.15) is 11.8 Å². The second kappa shape index (κ2) is 8.84. The molecular formula is C16H24Cl2N2O3S2. The fraction of sp³-hybridized carbons (Fsp3) is 0.562. The normalized spacial score (nSPS) is 13.4. The lowest BCUT2D eigenvalue weighted by molar-refractivity contribution is -0.121. The van der Waals surface area contributed by atoms with E-state index >= 15 is 0 Å². The molecule has 5 nitrogen and oxygen atoms in total. The average Bonchev–Trinajstić information content (AvgIpc) is 2.44. The predicted octanol–water partition coefficient (Wildman–Crippen LogP) is 3.80. The van der Waals surface area contributed by atoms with Gasteiger partial charge in [-0.25, -0.2) is 8.42 Å². The van der Waals surface area contributed by atoms with Crippen molar-refractivity contribution in [1.29, 1.82) is 0 Å². The number of anilines is 1. The van der Waals surface area contributed by atoms with Crippen molar-refractivity contribution in [1.82, 2.24) is 5.32 Å². The van der Waals surface area contributed by atoms with E-state index in [0.717, 1.165) is 16.3 Å². The van der Waals surface area contributed by atoms with Gasteiger partial charge in [-0.15, -0.1) is 0 Å². The molecule has 1 N–H and O–H groups in total. The number of amides is 1. The van der Waals surface area contributed by atoms with E-state index in [-0.39, 0.29) is 15.7 Å². The van der Waals surface area contributed by atoms with E-state index in [0.29, 0.717) is 17.3 Å². The minimum atomic E-state index is -3.68. The highest BCUT2D eigenvalue weighted by Gasteiger charge is 2.29. The van der Waals surface area contributed by atoms with E-state index in [4.69, 9.17) is 23.2 Å². The molecule has 1 rings (SSSR count). The van der Waals surface area contributed by atoms with Crippen LogP contribution in [0.1, 0.15) is 27.7 Å². The molecule has 0 bridgehead atoms. The van der Waals surface area contributed by atoms with Gasteiger partial charge in [-0.3, -0.25) is 9.10 Å². The second-order valence-corrected chi connectivity index (χ2v) is 11.2. The van der Waals surface area contributed by atoms with Crippen molar-refractivity contribution in [3.05, 3.63) is 28.2 Å². The lowest BCUT2D eigenvalue weighted by Crippen LogP contribution is -2.48. The van der Waals surface area contributed by atoms with Crippen molar-refractivity contribution in [3.63, 3.8) is 0 Å². The van der Waals surface area contributed by atoms with Crippen LogP contribution in [0.15, 0.2) is 18.2 Å². The van der Waals surface area contributed by atoms with Crippen LogP contribution in [-0.4, -0.2) is 43.7 Å². The Kier molecular flexibility index (Phi) is 7.93. The number of nitrogens with one attached hydrogen (secondary N) is 1. The van der Waals surface area contributed by atoms with Gasteiger partial charge < -0.3 is 5.32 Å². The fourth-order valence-corrected chi connectivity index (χ4v) is 4.39. The molecule has 0 saturated heterocycles. The van der Waals surface area contributed by atoms with Gasteiger partial charge in [0.25, 0.3) is 0 Å². The van der Waals surface area contributed by atoms with Crippen LogP contribution < -0.4 is 9.62 Å². The van der Waals surface area contributed by atoms with Crippen LogP contribution in [0.2, 0.25) is 10.0 Å². The summed E-state index contributed by atoms with van der Waals surface area (Å²) in [7, 11) is -3.68. The fourth-order valence-electron chi connectivity index (χ4n) is 2.11. The van der Waals surface area contributed by atoms with Crippen molar-refractivity contribution in [2.45, 2.75) is 38.5 Å². The summed E-state index contributed by atoms with van der Waals surface area (Å²) < 4.78 is 25.6. The summed E-state index contributed by atoms with van der Waals surface area (Å²) in [6.45, 7) is 8.28. The van der Waals surface area contributed by atoms with Gasteiger partial charge >= 0.3 is 0 Å². The third-order valence-corrected chi connectivity index (χ3v) is 6.44. The zero-order valence-corrected chi connectivity index (χ0v) is 18.1. The molecule has 0 radical (unpaired) electrons. The van der Waals surface area contributed by atoms with Gasteiger partial charge in [0.15, 0.2) is 0 Å². The second-order valence-electron chi connectivity index (χ2n) is 6.59. The number of thioether (sulfide) groups is 1. The number of rotatable bonds is 7. The number of benzene rings is 1. The van der Waals surface area contributed by atoms with Crippen LogP contribution >= 0.6 is 35.0 Å². The molecule has 0 heterocycles. The van der Waals surface area contributed by atoms with E-state index < -0.39 is 16.1 Å². The van der Waals surface area contributed by atoms with Gasteiger partial charge in [-0.1, -0.05) is 44.0 Å². The van der Waals surface area contributed by atoms with Crippen molar-refractivity contribution in [2.75, 3.05) is 22.9 Å². The number of carbonyl (C=O) groups excluding carboxylic acids is 1. The molecule has 0 unspecified atom stereocenters. The van der Waals surface area contributed by atoms with Gasteiger partial charge in [0, 0.05) is 17.0 Å². The van der Waals surface area contributed by atoms with Gasteiger partial charge in [0.1, 0.15) is 6.04 Å². The molecule has 0 saturated carbocycles. The first-order valence-electron chi connectivity index (χ1n) is 7.69. The summed E-state index contributed by atoms with van der Waals surface area (Å²) in [6, 6.07) is 3.55. The Morgan fingerprint density at radius 1 is 1.28 bits per heavy atom. The standard InChI is InChI=1S/C16H24Cl2N2O3S2/c1-11(15(21)19-8-9-24-16(2,3)4)20(25(5,22)23)12-6-7-13(17)14(18)10-12/h6-7,10-11H,8-9H2,1-5H3,(H,19,21)/t11-/m0/s1. The largest absolute Gasteiger partial charge is 0.353 e. The Hall–Kier alpha value is -0.630. The Bertz CT molecular complexity index is 719. The monoisotopic (exact) mass is 426 g/mol. The van der Waals surface area contributed by atoms with Crippen LogP contribution in [-0.2, 0) is 14.8 Å². The Morgan fingerprint density at radius 2 is 1.88 bits per heavy atom. The van der Waals surface area contributed by atoms with E-state index in [2.05, 4.69) is 26.1 Å². The van der Waals surface area contributed by atoms with Crippen molar-refractivity contribution in [2.24, 2.45) is 0 Å². The first-order valence-corrected chi connectivity index (χ1v) is 11.3. The molecule has 1 aromatic rings. The minimum absolute atomic E-state index is 0.106. The number of carbonyl (C=O) groups is 1. The van der Waals surface area contributed by atoms with Crippen LogP contribution in [0.25, 0.3) is 0 Å². The third kappa shape index (κ3) is 7.25. The predicted molar refractivity (Wildman–Crippen MR) is 108 cm³/mol. The van der Waals surface area contributed by atoms with Crippen LogP contribution in [0.5, 0.6) is 0 Å². The van der Waals surface area contributed by atoms with Gasteiger partial charge in [0.05, 0.1) is 22.0 Å². The summed E-state index contributed by atoms with van der Waals surface area (Å²) in [5, 5.41) is 3.32. The molecule has 0 aliphatic heterocycles. The summed E-state index contributed by atoms with van der Waals surface area (Å²) in [4.78, 5) is 12.4. The van der Waals surface area contributed by atoms with E-state index in [1.165, 1.54) is 25.1 Å². The molecule has 0 aliphatic rings. The maximum atomic E-state index is 12.4. The van der Waals surface area contributed by atoms with Crippen molar-refractivity contribution < 1.29 is 13.2 Å². The number of hydrogen-bond acceptors (Lipinski definition) is 4. The molecule has 1 amide bonds. The molecule has 1 atom stereocenters. The number of halogens is 2. The lowest BCUT2D eigenvalue weighted by atomic mass is 10.2. The quantitative estimate of drug-likeness (QED) is 0.673. The molecule has 0 aromatic heterocycles. The van der Waals surface area contributed by atoms with Crippen molar-refractivity contribution in [3.8, 4) is 0 Å². The summed E-state index contributed by atoms with van der Waals surface area (Å²) >= 11 is 13.6. The Morgan fingerprint density at radius 3 is 2.36 bits per heavy atom. The molecule has 0 fully saturated rings. The van der Waals surface area contributed by atoms with Crippen LogP contribution in [0.3, 0.4) is 0 Å². The molecule has 142 valence electrons. The maximum Gasteiger partial charge on any atom is 0.243 e. The number of hydrogen-bond donors (Lipinski definition) is 1. The molecule has 1 aromatic carbocycles. The van der Waals surface area contributed by atoms with Crippen molar-refractivity contribution >= 4 is 56.6 Å². The summed E-state index contributed by atoms with van der Waals surface area (Å²) in [5.74, 6) is 0.374. The van der Waals surface area contributed by atoms with E-state index in [1.807, 2.05) is 0 Å².